The molecule has 0 aromatic heterocycles. The van der Waals surface area contributed by atoms with Gasteiger partial charge in [0.1, 0.15) is 4.90 Å². The van der Waals surface area contributed by atoms with Gasteiger partial charge in [-0.2, -0.15) is 0 Å². The Balaban J connectivity index is 2.79. The summed E-state index contributed by atoms with van der Waals surface area (Å²) in [6.45, 7) is 0.603. The molecule has 0 aliphatic rings. The Labute approximate surface area is 98.9 Å². The molecule has 1 aromatic carbocycles. The molecule has 17 heavy (non-hydrogen) atoms. The minimum atomic E-state index is -4.00. The van der Waals surface area contributed by atoms with Crippen LogP contribution in [0.3, 0.4) is 0 Å². The minimum absolute atomic E-state index is 0.148. The zero-order valence-corrected chi connectivity index (χ0v) is 9.93. The van der Waals surface area contributed by atoms with Crippen LogP contribution in [0.2, 0.25) is 0 Å². The van der Waals surface area contributed by atoms with Crippen molar-refractivity contribution in [2.45, 2.75) is 17.7 Å². The molecular formula is C10H14F2N2O2S. The molecule has 0 fully saturated rings. The highest BCUT2D eigenvalue weighted by Gasteiger charge is 2.20. The predicted molar refractivity (Wildman–Crippen MR) is 59.8 cm³/mol. The third-order valence-electron chi connectivity index (χ3n) is 2.13. The summed E-state index contributed by atoms with van der Waals surface area (Å²) >= 11 is 0. The highest BCUT2D eigenvalue weighted by molar-refractivity contribution is 7.89. The SMILES string of the molecule is NCCCCNS(=O)(=O)c1cccc(F)c1F. The maximum atomic E-state index is 13.3. The number of nitrogens with one attached hydrogen (secondary N) is 1. The first-order valence-electron chi connectivity index (χ1n) is 5.13. The summed E-state index contributed by atoms with van der Waals surface area (Å²) in [7, 11) is -4.00. The van der Waals surface area contributed by atoms with E-state index in [1.807, 2.05) is 0 Å². The fraction of sp³-hybridized carbons (Fsp3) is 0.400. The molecule has 4 nitrogen and oxygen atoms in total. The lowest BCUT2D eigenvalue weighted by atomic mass is 10.3. The molecule has 0 atom stereocenters. The van der Waals surface area contributed by atoms with Gasteiger partial charge in [-0.05, 0) is 31.5 Å². The van der Waals surface area contributed by atoms with Crippen molar-refractivity contribution < 1.29 is 17.2 Å². The highest BCUT2D eigenvalue weighted by atomic mass is 32.2. The average Bonchev–Trinajstić information content (AvgIpc) is 2.28. The zero-order chi connectivity index (χ0) is 12.9. The van der Waals surface area contributed by atoms with Crippen molar-refractivity contribution in [3.05, 3.63) is 29.8 Å². The van der Waals surface area contributed by atoms with Crippen LogP contribution in [0.25, 0.3) is 0 Å². The number of halogens is 2. The maximum absolute atomic E-state index is 13.3. The molecule has 0 spiro atoms. The molecule has 1 aromatic rings. The quantitative estimate of drug-likeness (QED) is 0.752. The smallest absolute Gasteiger partial charge is 0.243 e. The molecule has 3 N–H and O–H groups in total. The topological polar surface area (TPSA) is 72.2 Å². The van der Waals surface area contributed by atoms with E-state index in [1.54, 1.807) is 0 Å². The van der Waals surface area contributed by atoms with Gasteiger partial charge in [0.2, 0.25) is 10.0 Å². The van der Waals surface area contributed by atoms with Crippen LogP contribution in [-0.2, 0) is 10.0 Å². The average molecular weight is 264 g/mol. The Morgan fingerprint density at radius 3 is 2.59 bits per heavy atom. The number of sulfonamides is 1. The summed E-state index contributed by atoms with van der Waals surface area (Å²) in [6, 6.07) is 3.03. The lowest BCUT2D eigenvalue weighted by molar-refractivity contribution is 0.483. The number of benzene rings is 1. The Morgan fingerprint density at radius 1 is 1.24 bits per heavy atom. The summed E-state index contributed by atoms with van der Waals surface area (Å²) in [5, 5.41) is 0. The Morgan fingerprint density at radius 2 is 1.94 bits per heavy atom. The molecule has 7 heteroatoms. The predicted octanol–water partition coefficient (Wildman–Crippen LogP) is 0.982. The standard InChI is InChI=1S/C10H14F2N2O2S/c11-8-4-3-5-9(10(8)12)17(15,16)14-7-2-1-6-13/h3-5,14H,1-2,6-7,13H2. The van der Waals surface area contributed by atoms with Crippen LogP contribution in [0, 0.1) is 11.6 Å². The molecule has 0 saturated carbocycles. The van der Waals surface area contributed by atoms with Crippen molar-refractivity contribution in [2.24, 2.45) is 5.73 Å². The van der Waals surface area contributed by atoms with Crippen molar-refractivity contribution in [3.8, 4) is 0 Å². The first-order valence-corrected chi connectivity index (χ1v) is 6.61. The second-order valence-electron chi connectivity index (χ2n) is 3.45. The summed E-state index contributed by atoms with van der Waals surface area (Å²) in [5.74, 6) is -2.55. The maximum Gasteiger partial charge on any atom is 0.243 e. The van der Waals surface area contributed by atoms with Crippen LogP contribution >= 0.6 is 0 Å². The van der Waals surface area contributed by atoms with Gasteiger partial charge in [-0.3, -0.25) is 0 Å². The summed E-state index contributed by atoms with van der Waals surface area (Å²) in [4.78, 5) is -0.676. The molecule has 96 valence electrons. The first kappa shape index (κ1) is 14.0. The lowest BCUT2D eigenvalue weighted by Gasteiger charge is -2.07. The van der Waals surface area contributed by atoms with Crippen LogP contribution in [0.5, 0.6) is 0 Å². The van der Waals surface area contributed by atoms with E-state index in [-0.39, 0.29) is 6.54 Å². The summed E-state index contributed by atoms with van der Waals surface area (Å²) < 4.78 is 51.6. The van der Waals surface area contributed by atoms with Crippen LogP contribution in [0.4, 0.5) is 8.78 Å². The van der Waals surface area contributed by atoms with Gasteiger partial charge in [0.25, 0.3) is 0 Å². The highest BCUT2D eigenvalue weighted by Crippen LogP contribution is 2.16. The van der Waals surface area contributed by atoms with Gasteiger partial charge in [0.15, 0.2) is 11.6 Å². The fourth-order valence-electron chi connectivity index (χ4n) is 1.25. The summed E-state index contributed by atoms with van der Waals surface area (Å²) in [5.41, 5.74) is 5.25. The monoisotopic (exact) mass is 264 g/mol. The van der Waals surface area contributed by atoms with E-state index in [1.165, 1.54) is 0 Å². The van der Waals surface area contributed by atoms with E-state index in [0.29, 0.717) is 19.4 Å². The number of nitrogens with two attached hydrogens (primary N) is 1. The number of hydrogen-bond acceptors (Lipinski definition) is 3. The van der Waals surface area contributed by atoms with Crippen molar-refractivity contribution in [1.82, 2.24) is 4.72 Å². The summed E-state index contributed by atoms with van der Waals surface area (Å²) in [6.07, 6.45) is 1.21. The van der Waals surface area contributed by atoms with Gasteiger partial charge >= 0.3 is 0 Å². The van der Waals surface area contributed by atoms with Gasteiger partial charge in [0.05, 0.1) is 0 Å². The number of hydrogen-bond donors (Lipinski definition) is 2. The van der Waals surface area contributed by atoms with E-state index in [4.69, 9.17) is 5.73 Å². The van der Waals surface area contributed by atoms with Crippen LogP contribution < -0.4 is 10.5 Å². The number of rotatable bonds is 6. The second kappa shape index (κ2) is 6.04. The van der Waals surface area contributed by atoms with E-state index in [9.17, 15) is 17.2 Å². The van der Waals surface area contributed by atoms with Gasteiger partial charge in [-0.15, -0.1) is 0 Å². The van der Waals surface area contributed by atoms with Gasteiger partial charge in [0, 0.05) is 6.54 Å². The third kappa shape index (κ3) is 3.72. The van der Waals surface area contributed by atoms with Crippen molar-refractivity contribution in [2.75, 3.05) is 13.1 Å². The van der Waals surface area contributed by atoms with Crippen LogP contribution in [0.15, 0.2) is 23.1 Å². The molecule has 0 heterocycles. The second-order valence-corrected chi connectivity index (χ2v) is 5.18. The first-order chi connectivity index (χ1) is 7.99. The van der Waals surface area contributed by atoms with E-state index in [0.717, 1.165) is 18.2 Å². The Bertz CT molecular complexity index is 477. The molecule has 0 unspecified atom stereocenters. The van der Waals surface area contributed by atoms with Gasteiger partial charge < -0.3 is 5.73 Å². The largest absolute Gasteiger partial charge is 0.330 e. The lowest BCUT2D eigenvalue weighted by Crippen LogP contribution is -2.26. The normalized spacial score (nSPS) is 11.7. The van der Waals surface area contributed by atoms with Gasteiger partial charge in [-0.25, -0.2) is 21.9 Å². The van der Waals surface area contributed by atoms with Crippen molar-refractivity contribution in [3.63, 3.8) is 0 Å². The van der Waals surface area contributed by atoms with Crippen LogP contribution in [0.1, 0.15) is 12.8 Å². The molecule has 0 saturated heterocycles. The molecular weight excluding hydrogens is 250 g/mol. The van der Waals surface area contributed by atoms with Gasteiger partial charge in [-0.1, -0.05) is 6.07 Å². The van der Waals surface area contributed by atoms with E-state index < -0.39 is 26.6 Å². The molecule has 0 radical (unpaired) electrons. The van der Waals surface area contributed by atoms with Crippen molar-refractivity contribution in [1.29, 1.82) is 0 Å². The van der Waals surface area contributed by atoms with E-state index in [2.05, 4.69) is 4.72 Å². The number of unbranched alkanes of at least 4 members (excludes halogenated alkanes) is 1. The fourth-order valence-corrected chi connectivity index (χ4v) is 2.40. The molecule has 0 amide bonds. The Kier molecular flexibility index (Phi) is 4.98. The van der Waals surface area contributed by atoms with Crippen molar-refractivity contribution >= 4 is 10.0 Å². The molecule has 1 rings (SSSR count). The molecule has 0 bridgehead atoms. The van der Waals surface area contributed by atoms with Crippen LogP contribution in [-0.4, -0.2) is 21.5 Å². The minimum Gasteiger partial charge on any atom is -0.330 e. The molecule has 0 aliphatic carbocycles. The Hall–Kier alpha value is -1.05. The zero-order valence-electron chi connectivity index (χ0n) is 9.12. The molecule has 0 aliphatic heterocycles. The third-order valence-corrected chi connectivity index (χ3v) is 3.61. The van der Waals surface area contributed by atoms with E-state index >= 15 is 0 Å².